The monoisotopic (exact) mass is 207 g/mol. The molecule has 0 spiro atoms. The molecule has 2 nitrogen and oxygen atoms in total. The third-order valence-corrected chi connectivity index (χ3v) is 2.37. The summed E-state index contributed by atoms with van der Waals surface area (Å²) in [6, 6.07) is 7.63. The lowest BCUT2D eigenvalue weighted by Gasteiger charge is -1.95. The molecule has 0 radical (unpaired) electrons. The van der Waals surface area contributed by atoms with E-state index in [4.69, 9.17) is 5.73 Å². The largest absolute Gasteiger partial charge is 0.399 e. The predicted octanol–water partition coefficient (Wildman–Crippen LogP) is 2.56. The lowest BCUT2D eigenvalue weighted by Crippen LogP contribution is -1.84. The molecule has 0 aliphatic rings. The van der Waals surface area contributed by atoms with Crippen molar-refractivity contribution < 1.29 is 4.79 Å². The van der Waals surface area contributed by atoms with Gasteiger partial charge >= 0.3 is 0 Å². The van der Waals surface area contributed by atoms with Crippen molar-refractivity contribution in [3.63, 3.8) is 0 Å². The molecular formula is C11H13NOS. The van der Waals surface area contributed by atoms with Crippen LogP contribution >= 0.6 is 11.8 Å². The van der Waals surface area contributed by atoms with Crippen LogP contribution in [0.1, 0.15) is 12.5 Å². The van der Waals surface area contributed by atoms with Crippen LogP contribution in [-0.2, 0) is 4.79 Å². The Kier molecular flexibility index (Phi) is 4.26. The molecule has 3 heteroatoms. The molecule has 0 saturated heterocycles. The van der Waals surface area contributed by atoms with Crippen molar-refractivity contribution >= 4 is 28.6 Å². The van der Waals surface area contributed by atoms with Crippen LogP contribution in [0.4, 0.5) is 5.69 Å². The van der Waals surface area contributed by atoms with E-state index in [9.17, 15) is 4.79 Å². The SMILES string of the molecule is CC(=O)SCC=Cc1cccc(N)c1. The molecular weight excluding hydrogens is 194 g/mol. The van der Waals surface area contributed by atoms with Gasteiger partial charge in [-0.1, -0.05) is 36.0 Å². The minimum atomic E-state index is 0.141. The first kappa shape index (κ1) is 10.9. The topological polar surface area (TPSA) is 43.1 Å². The first-order chi connectivity index (χ1) is 6.68. The van der Waals surface area contributed by atoms with Gasteiger partial charge in [0.15, 0.2) is 5.12 Å². The summed E-state index contributed by atoms with van der Waals surface area (Å²) in [4.78, 5) is 10.6. The fourth-order valence-corrected chi connectivity index (χ4v) is 1.44. The Morgan fingerprint density at radius 1 is 1.57 bits per heavy atom. The summed E-state index contributed by atoms with van der Waals surface area (Å²) >= 11 is 1.30. The van der Waals surface area contributed by atoms with Crippen LogP contribution in [0, 0.1) is 0 Å². The van der Waals surface area contributed by atoms with Gasteiger partial charge in [0, 0.05) is 18.4 Å². The normalized spacial score (nSPS) is 10.6. The Labute approximate surface area is 88.2 Å². The molecule has 1 aromatic carbocycles. The van der Waals surface area contributed by atoms with Gasteiger partial charge in [-0.15, -0.1) is 0 Å². The van der Waals surface area contributed by atoms with Gasteiger partial charge < -0.3 is 5.73 Å². The number of nitrogens with two attached hydrogens (primary N) is 1. The molecule has 0 fully saturated rings. The molecule has 74 valence electrons. The van der Waals surface area contributed by atoms with Crippen LogP contribution in [0.5, 0.6) is 0 Å². The van der Waals surface area contributed by atoms with Crippen LogP contribution in [0.25, 0.3) is 6.08 Å². The molecule has 0 amide bonds. The zero-order valence-electron chi connectivity index (χ0n) is 8.07. The van der Waals surface area contributed by atoms with Gasteiger partial charge in [-0.2, -0.15) is 0 Å². The van der Waals surface area contributed by atoms with Crippen molar-refractivity contribution in [2.75, 3.05) is 11.5 Å². The number of hydrogen-bond donors (Lipinski definition) is 1. The van der Waals surface area contributed by atoms with Gasteiger partial charge in [-0.05, 0) is 17.7 Å². The fraction of sp³-hybridized carbons (Fsp3) is 0.182. The van der Waals surface area contributed by atoms with Crippen LogP contribution in [0.2, 0.25) is 0 Å². The summed E-state index contributed by atoms with van der Waals surface area (Å²) in [6.45, 7) is 1.57. The average molecular weight is 207 g/mol. The van der Waals surface area contributed by atoms with E-state index in [0.717, 1.165) is 11.3 Å². The number of nitrogen functional groups attached to an aromatic ring is 1. The first-order valence-electron chi connectivity index (χ1n) is 4.34. The molecule has 0 aromatic heterocycles. The Morgan fingerprint density at radius 2 is 2.36 bits per heavy atom. The van der Waals surface area contributed by atoms with Crippen molar-refractivity contribution in [3.8, 4) is 0 Å². The number of carbonyl (C=O) groups is 1. The second-order valence-corrected chi connectivity index (χ2v) is 4.07. The third kappa shape index (κ3) is 4.14. The van der Waals surface area contributed by atoms with E-state index >= 15 is 0 Å². The summed E-state index contributed by atoms with van der Waals surface area (Å²) < 4.78 is 0. The quantitative estimate of drug-likeness (QED) is 0.775. The van der Waals surface area contributed by atoms with E-state index in [2.05, 4.69) is 0 Å². The number of hydrogen-bond acceptors (Lipinski definition) is 3. The molecule has 0 aliphatic heterocycles. The van der Waals surface area contributed by atoms with Gasteiger partial charge in [0.25, 0.3) is 0 Å². The Morgan fingerprint density at radius 3 is 3.00 bits per heavy atom. The Balaban J connectivity index is 2.47. The molecule has 0 unspecified atom stereocenters. The molecule has 0 heterocycles. The highest BCUT2D eigenvalue weighted by molar-refractivity contribution is 8.13. The van der Waals surface area contributed by atoms with Gasteiger partial charge in [-0.3, -0.25) is 4.79 Å². The maximum atomic E-state index is 10.6. The molecule has 0 atom stereocenters. The standard InChI is InChI=1S/C11H13NOS/c1-9(13)14-7-3-5-10-4-2-6-11(12)8-10/h2-6,8H,7,12H2,1H3. The van der Waals surface area contributed by atoms with Crippen molar-refractivity contribution in [1.29, 1.82) is 0 Å². The highest BCUT2D eigenvalue weighted by atomic mass is 32.2. The highest BCUT2D eigenvalue weighted by Crippen LogP contribution is 2.09. The fourth-order valence-electron chi connectivity index (χ4n) is 1.01. The van der Waals surface area contributed by atoms with Crippen LogP contribution in [0.3, 0.4) is 0 Å². The number of benzene rings is 1. The molecule has 0 aliphatic carbocycles. The van der Waals surface area contributed by atoms with Crippen molar-refractivity contribution in [3.05, 3.63) is 35.9 Å². The third-order valence-electron chi connectivity index (χ3n) is 1.60. The second kappa shape index (κ2) is 5.50. The van der Waals surface area contributed by atoms with E-state index in [1.807, 2.05) is 36.4 Å². The average Bonchev–Trinajstić information content (AvgIpc) is 2.12. The predicted molar refractivity (Wildman–Crippen MR) is 63.0 cm³/mol. The van der Waals surface area contributed by atoms with Crippen molar-refractivity contribution in [2.24, 2.45) is 0 Å². The van der Waals surface area contributed by atoms with E-state index in [0.29, 0.717) is 5.75 Å². The van der Waals surface area contributed by atoms with Crippen molar-refractivity contribution in [1.82, 2.24) is 0 Å². The molecule has 2 N–H and O–H groups in total. The zero-order chi connectivity index (χ0) is 10.4. The first-order valence-corrected chi connectivity index (χ1v) is 5.32. The van der Waals surface area contributed by atoms with Gasteiger partial charge in [0.05, 0.1) is 0 Å². The molecule has 0 bridgehead atoms. The summed E-state index contributed by atoms with van der Waals surface area (Å²) in [6.07, 6.45) is 3.92. The number of rotatable bonds is 3. The number of anilines is 1. The van der Waals surface area contributed by atoms with Crippen LogP contribution < -0.4 is 5.73 Å². The number of thioether (sulfide) groups is 1. The number of carbonyl (C=O) groups excluding carboxylic acids is 1. The maximum absolute atomic E-state index is 10.6. The van der Waals surface area contributed by atoms with E-state index in [1.165, 1.54) is 11.8 Å². The van der Waals surface area contributed by atoms with E-state index < -0.39 is 0 Å². The molecule has 1 aromatic rings. The Bertz CT molecular complexity index is 347. The van der Waals surface area contributed by atoms with E-state index in [1.54, 1.807) is 6.92 Å². The lowest BCUT2D eigenvalue weighted by molar-refractivity contribution is -0.109. The summed E-state index contributed by atoms with van der Waals surface area (Å²) in [5, 5.41) is 0.141. The minimum absolute atomic E-state index is 0.141. The maximum Gasteiger partial charge on any atom is 0.186 e. The van der Waals surface area contributed by atoms with Gasteiger partial charge in [0.1, 0.15) is 0 Å². The zero-order valence-corrected chi connectivity index (χ0v) is 8.88. The van der Waals surface area contributed by atoms with Crippen LogP contribution in [0.15, 0.2) is 30.3 Å². The van der Waals surface area contributed by atoms with E-state index in [-0.39, 0.29) is 5.12 Å². The smallest absolute Gasteiger partial charge is 0.186 e. The minimum Gasteiger partial charge on any atom is -0.399 e. The molecule has 0 saturated carbocycles. The van der Waals surface area contributed by atoms with Gasteiger partial charge in [0.2, 0.25) is 0 Å². The summed E-state index contributed by atoms with van der Waals surface area (Å²) in [7, 11) is 0. The Hall–Kier alpha value is -1.22. The summed E-state index contributed by atoms with van der Waals surface area (Å²) in [5.41, 5.74) is 7.44. The summed E-state index contributed by atoms with van der Waals surface area (Å²) in [5.74, 6) is 0.712. The molecule has 14 heavy (non-hydrogen) atoms. The lowest BCUT2D eigenvalue weighted by atomic mass is 10.2. The molecule has 1 rings (SSSR count). The van der Waals surface area contributed by atoms with Gasteiger partial charge in [-0.25, -0.2) is 0 Å². The highest BCUT2D eigenvalue weighted by Gasteiger charge is 1.90. The van der Waals surface area contributed by atoms with Crippen LogP contribution in [-0.4, -0.2) is 10.9 Å². The van der Waals surface area contributed by atoms with Crippen molar-refractivity contribution in [2.45, 2.75) is 6.92 Å². The second-order valence-electron chi connectivity index (χ2n) is 2.88.